The van der Waals surface area contributed by atoms with E-state index in [0.29, 0.717) is 0 Å². The number of benzene rings is 1. The van der Waals surface area contributed by atoms with Crippen LogP contribution in [-0.2, 0) is 12.8 Å². The average molecular weight is 216 g/mol. The molecule has 82 valence electrons. The maximum atomic E-state index is 10.8. The van der Waals surface area contributed by atoms with E-state index in [1.165, 1.54) is 17.5 Å². The van der Waals surface area contributed by atoms with Crippen LogP contribution in [0.2, 0.25) is 0 Å². The lowest BCUT2D eigenvalue weighted by Gasteiger charge is -2.16. The molecular formula is C12H12N2O2. The van der Waals surface area contributed by atoms with Crippen LogP contribution in [0.5, 0.6) is 5.88 Å². The minimum atomic E-state index is -0.121. The van der Waals surface area contributed by atoms with Crippen LogP contribution in [0.3, 0.4) is 0 Å². The van der Waals surface area contributed by atoms with Gasteiger partial charge in [0.25, 0.3) is 0 Å². The second-order valence-electron chi connectivity index (χ2n) is 4.25. The first-order valence-corrected chi connectivity index (χ1v) is 5.50. The standard InChI is InChI=1S/C12H12N2O2/c15-12-11(14-16)10-8-4-2-1-3-7(8)5-6-9(10)13-12/h5-6,13,15H,1-4H2. The number of fused-ring (bicyclic) bond motifs is 3. The number of hydrogen-bond donors (Lipinski definition) is 2. The SMILES string of the molecule is O=Nc1c(O)[nH]c2ccc3c(c12)CCCC3. The molecule has 0 radical (unpaired) electrons. The normalized spacial score (nSPS) is 15.0. The van der Waals surface area contributed by atoms with Crippen LogP contribution in [0.25, 0.3) is 10.9 Å². The van der Waals surface area contributed by atoms with E-state index in [0.717, 1.165) is 30.2 Å². The summed E-state index contributed by atoms with van der Waals surface area (Å²) in [4.78, 5) is 13.5. The highest BCUT2D eigenvalue weighted by atomic mass is 16.3. The van der Waals surface area contributed by atoms with Gasteiger partial charge in [0.2, 0.25) is 5.88 Å². The van der Waals surface area contributed by atoms with Gasteiger partial charge in [0.1, 0.15) is 0 Å². The monoisotopic (exact) mass is 216 g/mol. The van der Waals surface area contributed by atoms with Gasteiger partial charge in [0.05, 0.1) is 5.52 Å². The predicted molar refractivity (Wildman–Crippen MR) is 62.1 cm³/mol. The first-order chi connectivity index (χ1) is 7.81. The van der Waals surface area contributed by atoms with Crippen LogP contribution in [0.4, 0.5) is 5.69 Å². The molecule has 1 aliphatic rings. The van der Waals surface area contributed by atoms with Crippen LogP contribution in [0.1, 0.15) is 24.0 Å². The lowest BCUT2D eigenvalue weighted by Crippen LogP contribution is -2.02. The minimum absolute atomic E-state index is 0.121. The van der Waals surface area contributed by atoms with E-state index in [9.17, 15) is 10.0 Å². The molecule has 0 atom stereocenters. The lowest BCUT2D eigenvalue weighted by atomic mass is 9.89. The first kappa shape index (κ1) is 9.39. The second-order valence-corrected chi connectivity index (χ2v) is 4.25. The van der Waals surface area contributed by atoms with Gasteiger partial charge in [0.15, 0.2) is 5.69 Å². The van der Waals surface area contributed by atoms with E-state index in [2.05, 4.69) is 16.2 Å². The largest absolute Gasteiger partial charge is 0.493 e. The number of aromatic hydroxyl groups is 1. The summed E-state index contributed by atoms with van der Waals surface area (Å²) < 4.78 is 0. The second kappa shape index (κ2) is 3.33. The fourth-order valence-corrected chi connectivity index (χ4v) is 2.60. The Kier molecular flexibility index (Phi) is 1.96. The zero-order chi connectivity index (χ0) is 11.1. The number of nitrogens with zero attached hydrogens (tertiary/aromatic N) is 1. The Morgan fingerprint density at radius 1 is 1.25 bits per heavy atom. The lowest BCUT2D eigenvalue weighted by molar-refractivity contribution is 0.460. The third-order valence-electron chi connectivity index (χ3n) is 3.34. The van der Waals surface area contributed by atoms with Crippen molar-refractivity contribution in [2.75, 3.05) is 0 Å². The molecule has 4 nitrogen and oxygen atoms in total. The highest BCUT2D eigenvalue weighted by Crippen LogP contribution is 2.40. The quantitative estimate of drug-likeness (QED) is 0.719. The Labute approximate surface area is 92.3 Å². The fraction of sp³-hybridized carbons (Fsp3) is 0.333. The van der Waals surface area contributed by atoms with Crippen LogP contribution in [0, 0.1) is 4.91 Å². The molecule has 16 heavy (non-hydrogen) atoms. The number of nitrogens with one attached hydrogen (secondary N) is 1. The zero-order valence-corrected chi connectivity index (χ0v) is 8.79. The van der Waals surface area contributed by atoms with Gasteiger partial charge in [0, 0.05) is 5.39 Å². The van der Waals surface area contributed by atoms with Gasteiger partial charge in [-0.3, -0.25) is 0 Å². The third kappa shape index (κ3) is 1.16. The zero-order valence-electron chi connectivity index (χ0n) is 8.79. The molecule has 0 saturated carbocycles. The topological polar surface area (TPSA) is 65.4 Å². The van der Waals surface area contributed by atoms with Crippen molar-refractivity contribution in [3.63, 3.8) is 0 Å². The van der Waals surface area contributed by atoms with Crippen LogP contribution >= 0.6 is 0 Å². The molecule has 2 N–H and O–H groups in total. The number of aromatic amines is 1. The first-order valence-electron chi connectivity index (χ1n) is 5.50. The number of rotatable bonds is 1. The van der Waals surface area contributed by atoms with Crippen molar-refractivity contribution in [3.8, 4) is 5.88 Å². The molecular weight excluding hydrogens is 204 g/mol. The minimum Gasteiger partial charge on any atom is -0.493 e. The molecule has 0 aliphatic heterocycles. The van der Waals surface area contributed by atoms with Gasteiger partial charge in [-0.15, -0.1) is 4.91 Å². The van der Waals surface area contributed by atoms with Gasteiger partial charge >= 0.3 is 0 Å². The number of H-pyrrole nitrogens is 1. The molecule has 1 aromatic heterocycles. The van der Waals surface area contributed by atoms with Crippen molar-refractivity contribution in [3.05, 3.63) is 28.2 Å². The summed E-state index contributed by atoms with van der Waals surface area (Å²) in [5, 5.41) is 13.3. The highest BCUT2D eigenvalue weighted by Gasteiger charge is 2.19. The van der Waals surface area contributed by atoms with E-state index >= 15 is 0 Å². The third-order valence-corrected chi connectivity index (χ3v) is 3.34. The molecule has 0 spiro atoms. The number of aromatic nitrogens is 1. The Balaban J connectivity index is 2.40. The molecule has 1 aromatic carbocycles. The highest BCUT2D eigenvalue weighted by molar-refractivity contribution is 5.97. The summed E-state index contributed by atoms with van der Waals surface area (Å²) in [5.74, 6) is -0.121. The maximum absolute atomic E-state index is 10.8. The summed E-state index contributed by atoms with van der Waals surface area (Å²) >= 11 is 0. The van der Waals surface area contributed by atoms with E-state index in [1.807, 2.05) is 6.07 Å². The molecule has 0 bridgehead atoms. The van der Waals surface area contributed by atoms with Crippen LogP contribution in [-0.4, -0.2) is 10.1 Å². The van der Waals surface area contributed by atoms with E-state index in [1.54, 1.807) is 0 Å². The summed E-state index contributed by atoms with van der Waals surface area (Å²) in [6.45, 7) is 0. The number of aryl methyl sites for hydroxylation is 2. The van der Waals surface area contributed by atoms with Crippen molar-refractivity contribution in [1.29, 1.82) is 0 Å². The molecule has 2 aromatic rings. The van der Waals surface area contributed by atoms with Crippen molar-refractivity contribution in [2.24, 2.45) is 5.18 Å². The van der Waals surface area contributed by atoms with Gasteiger partial charge < -0.3 is 10.1 Å². The van der Waals surface area contributed by atoms with Crippen molar-refractivity contribution in [1.82, 2.24) is 4.98 Å². The molecule has 0 fully saturated rings. The summed E-state index contributed by atoms with van der Waals surface area (Å²) in [7, 11) is 0. The Morgan fingerprint density at radius 3 is 2.88 bits per heavy atom. The van der Waals surface area contributed by atoms with Crippen LogP contribution < -0.4 is 0 Å². The van der Waals surface area contributed by atoms with E-state index in [-0.39, 0.29) is 11.6 Å². The molecule has 1 heterocycles. The molecule has 0 saturated heterocycles. The maximum Gasteiger partial charge on any atom is 0.219 e. The summed E-state index contributed by atoms with van der Waals surface area (Å²) in [6.07, 6.45) is 4.34. The molecule has 4 heteroatoms. The Bertz CT molecular complexity index is 572. The number of nitroso groups, excluding NO2 is 1. The molecule has 0 unspecified atom stereocenters. The van der Waals surface area contributed by atoms with Gasteiger partial charge in [-0.25, -0.2) is 0 Å². The van der Waals surface area contributed by atoms with E-state index in [4.69, 9.17) is 0 Å². The van der Waals surface area contributed by atoms with Gasteiger partial charge in [-0.1, -0.05) is 6.07 Å². The number of hydrogen-bond acceptors (Lipinski definition) is 3. The van der Waals surface area contributed by atoms with E-state index < -0.39 is 0 Å². The summed E-state index contributed by atoms with van der Waals surface area (Å²) in [5.41, 5.74) is 3.42. The summed E-state index contributed by atoms with van der Waals surface area (Å²) in [6, 6.07) is 3.98. The van der Waals surface area contributed by atoms with Gasteiger partial charge in [-0.05, 0) is 48.1 Å². The smallest absolute Gasteiger partial charge is 0.219 e. The molecule has 1 aliphatic carbocycles. The molecule has 3 rings (SSSR count). The van der Waals surface area contributed by atoms with Crippen molar-refractivity contribution in [2.45, 2.75) is 25.7 Å². The van der Waals surface area contributed by atoms with Crippen LogP contribution in [0.15, 0.2) is 17.3 Å². The Hall–Kier alpha value is -1.84. The molecule has 0 amide bonds. The Morgan fingerprint density at radius 2 is 2.06 bits per heavy atom. The fourth-order valence-electron chi connectivity index (χ4n) is 2.60. The van der Waals surface area contributed by atoms with Crippen molar-refractivity contribution < 1.29 is 5.11 Å². The average Bonchev–Trinajstić information content (AvgIpc) is 2.65. The van der Waals surface area contributed by atoms with Gasteiger partial charge in [-0.2, -0.15) is 0 Å². The van der Waals surface area contributed by atoms with Crippen molar-refractivity contribution >= 4 is 16.6 Å². The predicted octanol–water partition coefficient (Wildman–Crippen LogP) is 3.15.